The van der Waals surface area contributed by atoms with Gasteiger partial charge in [-0.05, 0) is 17.7 Å². The molecule has 5 heteroatoms. The Kier molecular flexibility index (Phi) is 4.05. The van der Waals surface area contributed by atoms with Gasteiger partial charge >= 0.3 is 11.9 Å². The van der Waals surface area contributed by atoms with E-state index >= 15 is 0 Å². The molecule has 0 aromatic heterocycles. The molecule has 17 heavy (non-hydrogen) atoms. The predicted octanol–water partition coefficient (Wildman–Crippen LogP) is 2.21. The van der Waals surface area contributed by atoms with Crippen LogP contribution in [0.3, 0.4) is 0 Å². The van der Waals surface area contributed by atoms with Gasteiger partial charge < -0.3 is 14.9 Å². The summed E-state index contributed by atoms with van der Waals surface area (Å²) in [5.74, 6) is -2.59. The molecular weight excluding hydrogens is 224 g/mol. The van der Waals surface area contributed by atoms with Crippen molar-refractivity contribution in [2.75, 3.05) is 0 Å². The van der Waals surface area contributed by atoms with Gasteiger partial charge in [-0.25, -0.2) is 9.59 Å². The Labute approximate surface area is 97.3 Å². The number of hydrogen-bond donors (Lipinski definition) is 2. The summed E-state index contributed by atoms with van der Waals surface area (Å²) in [6.45, 7) is 3.31. The fourth-order valence-electron chi connectivity index (χ4n) is 1.29. The largest absolute Gasteiger partial charge is 0.478 e. The first-order valence-electron chi connectivity index (χ1n) is 4.60. The summed E-state index contributed by atoms with van der Waals surface area (Å²) in [5.41, 5.74) is -0.290. The van der Waals surface area contributed by atoms with E-state index in [-0.39, 0.29) is 16.7 Å². The SMILES string of the molecule is C=COC=Cc1cccc(C(=O)O)c1C(=O)O. The van der Waals surface area contributed by atoms with Crippen LogP contribution in [-0.4, -0.2) is 22.2 Å². The minimum Gasteiger partial charge on any atom is -0.478 e. The molecule has 0 radical (unpaired) electrons. The van der Waals surface area contributed by atoms with Crippen molar-refractivity contribution in [1.29, 1.82) is 0 Å². The third-order valence-electron chi connectivity index (χ3n) is 1.96. The first kappa shape index (κ1) is 12.5. The Balaban J connectivity index is 3.29. The molecule has 0 fully saturated rings. The lowest BCUT2D eigenvalue weighted by molar-refractivity contribution is 0.0651. The minimum atomic E-state index is -1.30. The van der Waals surface area contributed by atoms with Gasteiger partial charge in [0.15, 0.2) is 0 Å². The number of benzene rings is 1. The summed E-state index contributed by atoms with van der Waals surface area (Å²) in [4.78, 5) is 21.9. The topological polar surface area (TPSA) is 83.8 Å². The van der Waals surface area contributed by atoms with E-state index in [1.807, 2.05) is 0 Å². The molecule has 1 rings (SSSR count). The quantitative estimate of drug-likeness (QED) is 0.763. The number of carbonyl (C=O) groups is 2. The van der Waals surface area contributed by atoms with Crippen molar-refractivity contribution >= 4 is 18.0 Å². The molecule has 1 aromatic carbocycles. The van der Waals surface area contributed by atoms with E-state index in [9.17, 15) is 9.59 Å². The van der Waals surface area contributed by atoms with Gasteiger partial charge in [0.2, 0.25) is 0 Å². The average Bonchev–Trinajstić information content (AvgIpc) is 2.28. The Morgan fingerprint density at radius 1 is 1.24 bits per heavy atom. The highest BCUT2D eigenvalue weighted by molar-refractivity contribution is 6.04. The lowest BCUT2D eigenvalue weighted by Crippen LogP contribution is -2.09. The van der Waals surface area contributed by atoms with E-state index in [0.717, 1.165) is 6.26 Å². The lowest BCUT2D eigenvalue weighted by Gasteiger charge is -2.04. The number of rotatable bonds is 5. The van der Waals surface area contributed by atoms with Crippen LogP contribution in [0.5, 0.6) is 0 Å². The monoisotopic (exact) mass is 234 g/mol. The number of carboxylic acid groups (broad SMARTS) is 2. The highest BCUT2D eigenvalue weighted by atomic mass is 16.5. The van der Waals surface area contributed by atoms with Gasteiger partial charge in [-0.15, -0.1) is 0 Å². The van der Waals surface area contributed by atoms with Gasteiger partial charge in [0, 0.05) is 0 Å². The van der Waals surface area contributed by atoms with Crippen LogP contribution in [0.25, 0.3) is 6.08 Å². The second-order valence-electron chi connectivity index (χ2n) is 2.99. The number of hydrogen-bond acceptors (Lipinski definition) is 3. The van der Waals surface area contributed by atoms with Crippen molar-refractivity contribution in [1.82, 2.24) is 0 Å². The molecule has 0 bridgehead atoms. The highest BCUT2D eigenvalue weighted by Crippen LogP contribution is 2.17. The molecule has 0 aliphatic carbocycles. The summed E-state index contributed by atoms with van der Waals surface area (Å²) in [7, 11) is 0. The van der Waals surface area contributed by atoms with Gasteiger partial charge in [0.05, 0.1) is 23.7 Å². The third-order valence-corrected chi connectivity index (χ3v) is 1.96. The Morgan fingerprint density at radius 3 is 2.47 bits per heavy atom. The van der Waals surface area contributed by atoms with Gasteiger partial charge in [0.1, 0.15) is 0 Å². The summed E-state index contributed by atoms with van der Waals surface area (Å²) in [6.07, 6.45) is 3.75. The zero-order valence-corrected chi connectivity index (χ0v) is 8.79. The molecule has 0 amide bonds. The Bertz CT molecular complexity index is 488. The second-order valence-corrected chi connectivity index (χ2v) is 2.99. The van der Waals surface area contributed by atoms with Crippen molar-refractivity contribution in [2.45, 2.75) is 0 Å². The molecule has 0 atom stereocenters. The maximum atomic E-state index is 11.0. The summed E-state index contributed by atoms with van der Waals surface area (Å²) < 4.78 is 4.72. The molecule has 2 N–H and O–H groups in total. The van der Waals surface area contributed by atoms with Crippen LogP contribution in [0.1, 0.15) is 26.3 Å². The van der Waals surface area contributed by atoms with Crippen molar-refractivity contribution in [2.24, 2.45) is 0 Å². The van der Waals surface area contributed by atoms with Crippen LogP contribution in [0.15, 0.2) is 37.3 Å². The van der Waals surface area contributed by atoms with Crippen LogP contribution in [0.2, 0.25) is 0 Å². The summed E-state index contributed by atoms with van der Waals surface area (Å²) in [6, 6.07) is 4.18. The fourth-order valence-corrected chi connectivity index (χ4v) is 1.29. The summed E-state index contributed by atoms with van der Waals surface area (Å²) >= 11 is 0. The van der Waals surface area contributed by atoms with Crippen LogP contribution >= 0.6 is 0 Å². The van der Waals surface area contributed by atoms with Gasteiger partial charge in [-0.2, -0.15) is 0 Å². The fraction of sp³-hybridized carbons (Fsp3) is 0. The molecule has 5 nitrogen and oxygen atoms in total. The standard InChI is InChI=1S/C12H10O5/c1-2-17-7-6-8-4-3-5-9(11(13)14)10(8)12(15)16/h2-7H,1H2,(H,13,14)(H,15,16). The van der Waals surface area contributed by atoms with Crippen LogP contribution in [0.4, 0.5) is 0 Å². The lowest BCUT2D eigenvalue weighted by atomic mass is 10.0. The average molecular weight is 234 g/mol. The van der Waals surface area contributed by atoms with Crippen LogP contribution < -0.4 is 0 Å². The molecule has 88 valence electrons. The molecule has 0 aliphatic rings. The van der Waals surface area contributed by atoms with E-state index in [2.05, 4.69) is 6.58 Å². The molecule has 0 unspecified atom stereocenters. The molecule has 0 heterocycles. The zero-order chi connectivity index (χ0) is 12.8. The second kappa shape index (κ2) is 5.50. The molecular formula is C12H10O5. The van der Waals surface area contributed by atoms with E-state index < -0.39 is 11.9 Å². The maximum Gasteiger partial charge on any atom is 0.337 e. The molecule has 0 aliphatic heterocycles. The van der Waals surface area contributed by atoms with Crippen molar-refractivity contribution < 1.29 is 24.5 Å². The predicted molar refractivity (Wildman–Crippen MR) is 60.7 cm³/mol. The Hall–Kier alpha value is -2.56. The normalized spacial score (nSPS) is 10.1. The number of aromatic carboxylic acids is 2. The molecule has 0 saturated carbocycles. The number of ether oxygens (including phenoxy) is 1. The van der Waals surface area contributed by atoms with Crippen molar-refractivity contribution in [3.63, 3.8) is 0 Å². The minimum absolute atomic E-state index is 0.249. The van der Waals surface area contributed by atoms with E-state index in [0.29, 0.717) is 0 Å². The highest BCUT2D eigenvalue weighted by Gasteiger charge is 2.18. The van der Waals surface area contributed by atoms with E-state index in [1.165, 1.54) is 30.5 Å². The maximum absolute atomic E-state index is 11.0. The van der Waals surface area contributed by atoms with Gasteiger partial charge in [-0.3, -0.25) is 0 Å². The zero-order valence-electron chi connectivity index (χ0n) is 8.79. The number of carboxylic acids is 2. The van der Waals surface area contributed by atoms with Gasteiger partial charge in [-0.1, -0.05) is 18.7 Å². The van der Waals surface area contributed by atoms with Crippen LogP contribution in [0, 0.1) is 0 Å². The smallest absolute Gasteiger partial charge is 0.337 e. The first-order valence-corrected chi connectivity index (χ1v) is 4.60. The first-order chi connectivity index (χ1) is 8.07. The van der Waals surface area contributed by atoms with Crippen molar-refractivity contribution in [3.05, 3.63) is 54.0 Å². The van der Waals surface area contributed by atoms with E-state index in [1.54, 1.807) is 0 Å². The third kappa shape index (κ3) is 2.94. The summed E-state index contributed by atoms with van der Waals surface area (Å²) in [5, 5.41) is 17.9. The van der Waals surface area contributed by atoms with Crippen molar-refractivity contribution in [3.8, 4) is 0 Å². The Morgan fingerprint density at radius 2 is 1.94 bits per heavy atom. The van der Waals surface area contributed by atoms with E-state index in [4.69, 9.17) is 14.9 Å². The molecule has 0 spiro atoms. The molecule has 0 saturated heterocycles. The van der Waals surface area contributed by atoms with Gasteiger partial charge in [0.25, 0.3) is 0 Å². The van der Waals surface area contributed by atoms with Crippen LogP contribution in [-0.2, 0) is 4.74 Å². The molecule has 1 aromatic rings.